The Bertz CT molecular complexity index is 530. The molecule has 1 rings (SSSR count). The first-order chi connectivity index (χ1) is 10.4. The van der Waals surface area contributed by atoms with E-state index in [1.165, 1.54) is 0 Å². The van der Waals surface area contributed by atoms with E-state index in [0.717, 1.165) is 17.3 Å². The summed E-state index contributed by atoms with van der Waals surface area (Å²) >= 11 is 1.16. The number of carbonyl (C=O) groups is 1. The molecule has 1 N–H and O–H groups in total. The molecule has 0 saturated heterocycles. The molecule has 0 fully saturated rings. The van der Waals surface area contributed by atoms with Gasteiger partial charge in [0.15, 0.2) is 0 Å². The van der Waals surface area contributed by atoms with Crippen LogP contribution in [-0.2, 0) is 11.2 Å². The number of hydrogen-bond acceptors (Lipinski definition) is 4. The fourth-order valence-corrected chi connectivity index (χ4v) is 2.08. The van der Waals surface area contributed by atoms with Crippen LogP contribution in [0.25, 0.3) is 0 Å². The topological polar surface area (TPSA) is 62.1 Å². The lowest BCUT2D eigenvalue weighted by atomic mass is 10.1. The van der Waals surface area contributed by atoms with Crippen molar-refractivity contribution in [1.29, 1.82) is 5.26 Å². The number of hydrogen-bond donors (Lipinski definition) is 1. The molecule has 0 aliphatic carbocycles. The number of carbonyl (C=O) groups excluding carboxylic acids is 1. The largest absolute Gasteiger partial charge is 0.444 e. The number of ether oxygens (including phenoxy) is 1. The van der Waals surface area contributed by atoms with Crippen molar-refractivity contribution in [2.75, 3.05) is 5.75 Å². The summed E-state index contributed by atoms with van der Waals surface area (Å²) in [4.78, 5) is 11.9. The Kier molecular flexibility index (Phi) is 7.55. The summed E-state index contributed by atoms with van der Waals surface area (Å²) in [6, 6.07) is 9.75. The fourth-order valence-electron chi connectivity index (χ4n) is 1.80. The van der Waals surface area contributed by atoms with E-state index in [0.29, 0.717) is 12.2 Å². The highest BCUT2D eigenvalue weighted by atomic mass is 32.2. The third kappa shape index (κ3) is 8.38. The van der Waals surface area contributed by atoms with Gasteiger partial charge in [-0.3, -0.25) is 0 Å². The molecule has 4 nitrogen and oxygen atoms in total. The van der Waals surface area contributed by atoms with Crippen LogP contribution in [0.4, 0.5) is 4.79 Å². The predicted octanol–water partition coefficient (Wildman–Crippen LogP) is 3.89. The van der Waals surface area contributed by atoms with Gasteiger partial charge in [0.1, 0.15) is 11.0 Å². The van der Waals surface area contributed by atoms with E-state index in [-0.39, 0.29) is 6.04 Å². The van der Waals surface area contributed by atoms with Crippen LogP contribution in [0.15, 0.2) is 42.5 Å². The zero-order valence-corrected chi connectivity index (χ0v) is 14.0. The number of thioether (sulfide) groups is 1. The maximum Gasteiger partial charge on any atom is 0.408 e. The minimum absolute atomic E-state index is 0.170. The zero-order chi connectivity index (χ0) is 16.4. The molecule has 1 aromatic carbocycles. The standard InChI is InChI=1S/C17H22N2O2S/c1-17(2,3)21-16(20)19-15(10-7-11-22-13-18)12-14-8-5-4-6-9-14/h4-10,15H,11-12H2,1-3H3,(H,19,20)/b10-7+/t15-/m1/s1. The zero-order valence-electron chi connectivity index (χ0n) is 13.2. The first-order valence-electron chi connectivity index (χ1n) is 7.11. The fraction of sp³-hybridized carbons (Fsp3) is 0.412. The molecule has 0 aromatic heterocycles. The second kappa shape index (κ2) is 9.16. The van der Waals surface area contributed by atoms with Crippen molar-refractivity contribution in [3.63, 3.8) is 0 Å². The van der Waals surface area contributed by atoms with Gasteiger partial charge in [-0.2, -0.15) is 5.26 Å². The average molecular weight is 318 g/mol. The molecule has 118 valence electrons. The van der Waals surface area contributed by atoms with Gasteiger partial charge in [0.05, 0.1) is 6.04 Å². The lowest BCUT2D eigenvalue weighted by Crippen LogP contribution is -2.39. The van der Waals surface area contributed by atoms with Gasteiger partial charge in [-0.1, -0.05) is 42.5 Å². The summed E-state index contributed by atoms with van der Waals surface area (Å²) in [5.74, 6) is 0.595. The highest BCUT2D eigenvalue weighted by Gasteiger charge is 2.18. The predicted molar refractivity (Wildman–Crippen MR) is 90.5 cm³/mol. The Morgan fingerprint density at radius 1 is 1.41 bits per heavy atom. The highest BCUT2D eigenvalue weighted by Crippen LogP contribution is 2.09. The molecule has 22 heavy (non-hydrogen) atoms. The van der Waals surface area contributed by atoms with Gasteiger partial charge < -0.3 is 10.1 Å². The van der Waals surface area contributed by atoms with Crippen LogP contribution in [0.5, 0.6) is 0 Å². The summed E-state index contributed by atoms with van der Waals surface area (Å²) in [6.07, 6.45) is 4.03. The van der Waals surface area contributed by atoms with E-state index in [1.54, 1.807) is 0 Å². The van der Waals surface area contributed by atoms with Crippen molar-refractivity contribution >= 4 is 17.9 Å². The minimum Gasteiger partial charge on any atom is -0.444 e. The summed E-state index contributed by atoms with van der Waals surface area (Å²) in [5.41, 5.74) is 0.600. The van der Waals surface area contributed by atoms with Gasteiger partial charge in [-0.15, -0.1) is 0 Å². The molecule has 0 unspecified atom stereocenters. The molecule has 0 aliphatic rings. The van der Waals surface area contributed by atoms with Crippen molar-refractivity contribution in [1.82, 2.24) is 5.32 Å². The molecule has 0 spiro atoms. The van der Waals surface area contributed by atoms with Crippen molar-refractivity contribution in [2.45, 2.75) is 38.8 Å². The number of nitriles is 1. The van der Waals surface area contributed by atoms with E-state index >= 15 is 0 Å². The number of rotatable bonds is 6. The molecular weight excluding hydrogens is 296 g/mol. The van der Waals surface area contributed by atoms with E-state index < -0.39 is 11.7 Å². The van der Waals surface area contributed by atoms with Crippen molar-refractivity contribution in [3.05, 3.63) is 48.0 Å². The minimum atomic E-state index is -0.526. The van der Waals surface area contributed by atoms with Crippen molar-refractivity contribution in [2.24, 2.45) is 0 Å². The molecule has 1 amide bonds. The molecule has 0 bridgehead atoms. The Labute approximate surface area is 136 Å². The number of nitrogens with zero attached hydrogens (tertiary/aromatic N) is 1. The SMILES string of the molecule is CC(C)(C)OC(=O)N[C@H](/C=C/CSC#N)Cc1ccccc1. The third-order valence-corrected chi connectivity index (χ3v) is 3.10. The molecule has 1 aromatic rings. The van der Waals surface area contributed by atoms with Crippen LogP contribution in [0.1, 0.15) is 26.3 Å². The number of amides is 1. The van der Waals surface area contributed by atoms with Gasteiger partial charge in [-0.05, 0) is 44.5 Å². The lowest BCUT2D eigenvalue weighted by Gasteiger charge is -2.22. The average Bonchev–Trinajstić information content (AvgIpc) is 2.42. The van der Waals surface area contributed by atoms with Crippen molar-refractivity contribution in [3.8, 4) is 5.40 Å². The van der Waals surface area contributed by atoms with Crippen LogP contribution in [0.2, 0.25) is 0 Å². The molecule has 1 atom stereocenters. The highest BCUT2D eigenvalue weighted by molar-refractivity contribution is 8.03. The Balaban J connectivity index is 2.67. The third-order valence-electron chi connectivity index (χ3n) is 2.61. The summed E-state index contributed by atoms with van der Waals surface area (Å²) in [7, 11) is 0. The summed E-state index contributed by atoms with van der Waals surface area (Å²) in [6.45, 7) is 5.49. The van der Waals surface area contributed by atoms with Crippen molar-refractivity contribution < 1.29 is 9.53 Å². The van der Waals surface area contributed by atoms with Crippen LogP contribution >= 0.6 is 11.8 Å². The van der Waals surface area contributed by atoms with Crippen LogP contribution in [0.3, 0.4) is 0 Å². The maximum absolute atomic E-state index is 11.9. The maximum atomic E-state index is 11.9. The summed E-state index contributed by atoms with van der Waals surface area (Å²) < 4.78 is 5.29. The lowest BCUT2D eigenvalue weighted by molar-refractivity contribution is 0.0514. The van der Waals surface area contributed by atoms with Gasteiger partial charge in [0, 0.05) is 5.75 Å². The van der Waals surface area contributed by atoms with Gasteiger partial charge >= 0.3 is 6.09 Å². The second-order valence-corrected chi connectivity index (χ2v) is 6.58. The van der Waals surface area contributed by atoms with Gasteiger partial charge in [-0.25, -0.2) is 4.79 Å². The normalized spacial score (nSPS) is 12.6. The van der Waals surface area contributed by atoms with E-state index in [4.69, 9.17) is 10.00 Å². The van der Waals surface area contributed by atoms with E-state index in [2.05, 4.69) is 5.32 Å². The number of nitrogens with one attached hydrogen (secondary N) is 1. The van der Waals surface area contributed by atoms with E-state index in [1.807, 2.05) is 68.7 Å². The Hall–Kier alpha value is -1.93. The van der Waals surface area contributed by atoms with Crippen LogP contribution in [-0.4, -0.2) is 23.5 Å². The molecular formula is C17H22N2O2S. The van der Waals surface area contributed by atoms with E-state index in [9.17, 15) is 4.79 Å². The van der Waals surface area contributed by atoms with Crippen LogP contribution in [0, 0.1) is 10.7 Å². The Morgan fingerprint density at radius 3 is 2.68 bits per heavy atom. The number of benzene rings is 1. The molecule has 0 heterocycles. The smallest absolute Gasteiger partial charge is 0.408 e. The quantitative estimate of drug-likeness (QED) is 0.491. The van der Waals surface area contributed by atoms with Gasteiger partial charge in [0.2, 0.25) is 0 Å². The molecule has 0 aliphatic heterocycles. The molecule has 5 heteroatoms. The van der Waals surface area contributed by atoms with Gasteiger partial charge in [0.25, 0.3) is 0 Å². The summed E-state index contributed by atoms with van der Waals surface area (Å²) in [5, 5.41) is 13.4. The second-order valence-electron chi connectivity index (χ2n) is 5.77. The number of thiocyanates is 1. The molecule has 0 saturated carbocycles. The monoisotopic (exact) mass is 318 g/mol. The van der Waals surface area contributed by atoms with Crippen LogP contribution < -0.4 is 5.32 Å². The Morgan fingerprint density at radius 2 is 2.09 bits per heavy atom. The first kappa shape index (κ1) is 18.1. The molecule has 0 radical (unpaired) electrons. The first-order valence-corrected chi connectivity index (χ1v) is 8.10. The number of alkyl carbamates (subject to hydrolysis) is 1.